The molecule has 2 aromatic heterocycles. The first-order valence-electron chi connectivity index (χ1n) is 10.7. The van der Waals surface area contributed by atoms with Gasteiger partial charge in [0, 0.05) is 54.3 Å². The predicted molar refractivity (Wildman–Crippen MR) is 121 cm³/mol. The molecule has 4 rings (SSSR count). The number of nitrogens with one attached hydrogen (secondary N) is 2. The van der Waals surface area contributed by atoms with Crippen LogP contribution in [0.2, 0.25) is 0 Å². The highest BCUT2D eigenvalue weighted by Gasteiger charge is 2.24. The summed E-state index contributed by atoms with van der Waals surface area (Å²) in [5.74, 6) is -0.781. The number of aryl methyl sites for hydroxylation is 1. The summed E-state index contributed by atoms with van der Waals surface area (Å²) in [5.41, 5.74) is 4.66. The number of halogens is 1. The third-order valence-corrected chi connectivity index (χ3v) is 5.69. The summed E-state index contributed by atoms with van der Waals surface area (Å²) in [4.78, 5) is 20.5. The molecule has 0 aliphatic heterocycles. The van der Waals surface area contributed by atoms with E-state index in [9.17, 15) is 9.18 Å². The zero-order valence-electron chi connectivity index (χ0n) is 17.6. The molecule has 4 aromatic rings. The average Bonchev–Trinajstić information content (AvgIpc) is 3.23. The maximum atomic E-state index is 14.8. The van der Waals surface area contributed by atoms with Gasteiger partial charge >= 0.3 is 0 Å². The van der Waals surface area contributed by atoms with Gasteiger partial charge in [0.1, 0.15) is 5.82 Å². The monoisotopic (exact) mass is 415 g/mol. The zero-order valence-corrected chi connectivity index (χ0v) is 17.6. The molecule has 4 nitrogen and oxygen atoms in total. The standard InChI is InChI=1S/C26H26FN3O/c1-2-18-8-7-11-21-23(17-30-26(18)21)22(20-10-3-4-12-24(20)27)16-25(31)29-15-13-19-9-5-6-14-28-19/h3-12,14,17,22,30H,2,13,15-16H2,1H3,(H,29,31)/t22-/m1/s1. The lowest BCUT2D eigenvalue weighted by Crippen LogP contribution is -2.27. The van der Waals surface area contributed by atoms with E-state index in [0.29, 0.717) is 18.5 Å². The Morgan fingerprint density at radius 2 is 1.90 bits per heavy atom. The lowest BCUT2D eigenvalue weighted by molar-refractivity contribution is -0.121. The van der Waals surface area contributed by atoms with E-state index in [2.05, 4.69) is 28.3 Å². The van der Waals surface area contributed by atoms with Crippen molar-refractivity contribution in [1.82, 2.24) is 15.3 Å². The number of carbonyl (C=O) groups is 1. The van der Waals surface area contributed by atoms with Crippen LogP contribution in [-0.2, 0) is 17.6 Å². The number of amides is 1. The molecule has 1 atom stereocenters. The molecular formula is C26H26FN3O. The molecule has 2 heterocycles. The number of rotatable bonds is 8. The lowest BCUT2D eigenvalue weighted by Gasteiger charge is -2.18. The third-order valence-electron chi connectivity index (χ3n) is 5.69. The van der Waals surface area contributed by atoms with Crippen molar-refractivity contribution < 1.29 is 9.18 Å². The molecule has 0 spiro atoms. The Kier molecular flexibility index (Phi) is 6.41. The number of pyridine rings is 1. The molecule has 5 heteroatoms. The van der Waals surface area contributed by atoms with E-state index < -0.39 is 0 Å². The number of benzene rings is 2. The Morgan fingerprint density at radius 3 is 2.68 bits per heavy atom. The van der Waals surface area contributed by atoms with Crippen molar-refractivity contribution in [1.29, 1.82) is 0 Å². The number of para-hydroxylation sites is 1. The van der Waals surface area contributed by atoms with E-state index in [0.717, 1.165) is 28.6 Å². The molecule has 0 unspecified atom stereocenters. The smallest absolute Gasteiger partial charge is 0.220 e. The first kappa shape index (κ1) is 20.8. The highest BCUT2D eigenvalue weighted by molar-refractivity contribution is 5.88. The Hall–Kier alpha value is -3.47. The molecule has 0 radical (unpaired) electrons. The molecule has 1 amide bonds. The average molecular weight is 416 g/mol. The Morgan fingerprint density at radius 1 is 1.06 bits per heavy atom. The fourth-order valence-corrected chi connectivity index (χ4v) is 4.10. The van der Waals surface area contributed by atoms with Gasteiger partial charge in [0.2, 0.25) is 5.91 Å². The second-order valence-corrected chi connectivity index (χ2v) is 7.64. The molecule has 0 fully saturated rings. The number of nitrogens with zero attached hydrogens (tertiary/aromatic N) is 1. The number of hydrogen-bond acceptors (Lipinski definition) is 2. The molecule has 31 heavy (non-hydrogen) atoms. The topological polar surface area (TPSA) is 57.8 Å². The van der Waals surface area contributed by atoms with Gasteiger partial charge in [-0.05, 0) is 41.3 Å². The molecule has 158 valence electrons. The van der Waals surface area contributed by atoms with Crippen LogP contribution in [0.1, 0.15) is 41.6 Å². The van der Waals surface area contributed by atoms with Crippen molar-refractivity contribution in [2.45, 2.75) is 32.1 Å². The van der Waals surface area contributed by atoms with E-state index in [1.807, 2.05) is 42.6 Å². The minimum atomic E-state index is -0.378. The summed E-state index contributed by atoms with van der Waals surface area (Å²) in [6.07, 6.45) is 5.39. The molecular weight excluding hydrogens is 389 g/mol. The summed E-state index contributed by atoms with van der Waals surface area (Å²) in [6, 6.07) is 18.6. The summed E-state index contributed by atoms with van der Waals surface area (Å²) >= 11 is 0. The summed E-state index contributed by atoms with van der Waals surface area (Å²) in [7, 11) is 0. The molecule has 2 N–H and O–H groups in total. The zero-order chi connectivity index (χ0) is 21.6. The number of hydrogen-bond donors (Lipinski definition) is 2. The van der Waals surface area contributed by atoms with Crippen LogP contribution >= 0.6 is 0 Å². The highest BCUT2D eigenvalue weighted by atomic mass is 19.1. The predicted octanol–water partition coefficient (Wildman–Crippen LogP) is 5.15. The fourth-order valence-electron chi connectivity index (χ4n) is 4.10. The fraction of sp³-hybridized carbons (Fsp3) is 0.231. The van der Waals surface area contributed by atoms with E-state index in [4.69, 9.17) is 0 Å². The van der Waals surface area contributed by atoms with E-state index in [1.54, 1.807) is 18.3 Å². The van der Waals surface area contributed by atoms with Crippen molar-refractivity contribution in [2.75, 3.05) is 6.54 Å². The molecule has 0 aliphatic rings. The van der Waals surface area contributed by atoms with Crippen molar-refractivity contribution in [3.63, 3.8) is 0 Å². The van der Waals surface area contributed by atoms with Crippen LogP contribution in [0.4, 0.5) is 4.39 Å². The van der Waals surface area contributed by atoms with Crippen LogP contribution in [0.25, 0.3) is 10.9 Å². The highest BCUT2D eigenvalue weighted by Crippen LogP contribution is 2.35. The van der Waals surface area contributed by atoms with Gasteiger partial charge in [-0.1, -0.05) is 49.4 Å². The van der Waals surface area contributed by atoms with Crippen LogP contribution < -0.4 is 5.32 Å². The summed E-state index contributed by atoms with van der Waals surface area (Å²) in [5, 5.41) is 4.01. The lowest BCUT2D eigenvalue weighted by atomic mass is 9.87. The minimum absolute atomic E-state index is 0.106. The maximum absolute atomic E-state index is 14.8. The van der Waals surface area contributed by atoms with E-state index in [1.165, 1.54) is 11.6 Å². The van der Waals surface area contributed by atoms with Crippen molar-refractivity contribution in [3.8, 4) is 0 Å². The molecule has 0 aliphatic carbocycles. The SMILES string of the molecule is CCc1cccc2c([C@H](CC(=O)NCCc3ccccn3)c3ccccc3F)c[nH]c12. The number of H-pyrrole nitrogens is 1. The molecule has 0 saturated heterocycles. The Labute approximate surface area is 181 Å². The van der Waals surface area contributed by atoms with Gasteiger partial charge in [-0.3, -0.25) is 9.78 Å². The molecule has 0 saturated carbocycles. The van der Waals surface area contributed by atoms with Crippen LogP contribution in [0, 0.1) is 5.82 Å². The van der Waals surface area contributed by atoms with Crippen LogP contribution in [0.15, 0.2) is 73.1 Å². The van der Waals surface area contributed by atoms with Gasteiger partial charge in [0.15, 0.2) is 0 Å². The number of fused-ring (bicyclic) bond motifs is 1. The second-order valence-electron chi connectivity index (χ2n) is 7.64. The number of carbonyl (C=O) groups excluding carboxylic acids is 1. The van der Waals surface area contributed by atoms with Gasteiger partial charge in [0.25, 0.3) is 0 Å². The quantitative estimate of drug-likeness (QED) is 0.418. The van der Waals surface area contributed by atoms with E-state index >= 15 is 0 Å². The second kappa shape index (κ2) is 9.56. The molecule has 0 bridgehead atoms. The number of aromatic nitrogens is 2. The number of aromatic amines is 1. The van der Waals surface area contributed by atoms with Crippen LogP contribution in [0.5, 0.6) is 0 Å². The normalized spacial score (nSPS) is 12.1. The van der Waals surface area contributed by atoms with Gasteiger partial charge in [-0.2, -0.15) is 0 Å². The van der Waals surface area contributed by atoms with Gasteiger partial charge in [-0.25, -0.2) is 4.39 Å². The Bertz CT molecular complexity index is 1170. The van der Waals surface area contributed by atoms with Crippen molar-refractivity contribution >= 4 is 16.8 Å². The van der Waals surface area contributed by atoms with Gasteiger partial charge < -0.3 is 10.3 Å². The van der Waals surface area contributed by atoms with E-state index in [-0.39, 0.29) is 24.1 Å². The first-order valence-corrected chi connectivity index (χ1v) is 10.7. The Balaban J connectivity index is 1.59. The van der Waals surface area contributed by atoms with Gasteiger partial charge in [0.05, 0.1) is 0 Å². The van der Waals surface area contributed by atoms with Crippen LogP contribution in [-0.4, -0.2) is 22.4 Å². The largest absolute Gasteiger partial charge is 0.361 e. The third kappa shape index (κ3) is 4.66. The maximum Gasteiger partial charge on any atom is 0.220 e. The first-order chi connectivity index (χ1) is 15.2. The minimum Gasteiger partial charge on any atom is -0.361 e. The van der Waals surface area contributed by atoms with Crippen molar-refractivity contribution in [2.24, 2.45) is 0 Å². The summed E-state index contributed by atoms with van der Waals surface area (Å²) in [6.45, 7) is 2.60. The summed E-state index contributed by atoms with van der Waals surface area (Å²) < 4.78 is 14.8. The van der Waals surface area contributed by atoms with Gasteiger partial charge in [-0.15, -0.1) is 0 Å². The van der Waals surface area contributed by atoms with Crippen LogP contribution in [0.3, 0.4) is 0 Å². The van der Waals surface area contributed by atoms with Crippen molar-refractivity contribution in [3.05, 3.63) is 101 Å². The molecule has 2 aromatic carbocycles.